The summed E-state index contributed by atoms with van der Waals surface area (Å²) in [6, 6.07) is 56.7. The Kier molecular flexibility index (Phi) is 6.22. The molecule has 4 heteroatoms. The summed E-state index contributed by atoms with van der Waals surface area (Å²) in [4.78, 5) is 3.86. The van der Waals surface area contributed by atoms with Crippen LogP contribution in [0, 0.1) is 17.9 Å². The molecule has 2 heterocycles. The maximum atomic E-state index is 10.6. The minimum absolute atomic E-state index is 0.542. The van der Waals surface area contributed by atoms with Gasteiger partial charge in [-0.05, 0) is 58.5 Å². The van der Waals surface area contributed by atoms with Crippen molar-refractivity contribution in [1.29, 1.82) is 5.26 Å². The van der Waals surface area contributed by atoms with Crippen molar-refractivity contribution >= 4 is 49.3 Å². The van der Waals surface area contributed by atoms with E-state index in [1.54, 1.807) is 0 Å². The summed E-state index contributed by atoms with van der Waals surface area (Å²) in [5.41, 5.74) is 11.2. The van der Waals surface area contributed by atoms with Gasteiger partial charge in [0, 0.05) is 21.7 Å². The summed E-state index contributed by atoms with van der Waals surface area (Å²) < 4.78 is 4.43. The second-order valence-corrected chi connectivity index (χ2v) is 11.9. The first-order valence-corrected chi connectivity index (χ1v) is 15.9. The fourth-order valence-corrected chi connectivity index (χ4v) is 7.38. The van der Waals surface area contributed by atoms with E-state index in [0.29, 0.717) is 11.3 Å². The molecule has 7 aromatic carbocycles. The van der Waals surface area contributed by atoms with Gasteiger partial charge in [0.05, 0.1) is 45.6 Å². The molecule has 222 valence electrons. The number of hydrogen-bond acceptors (Lipinski definition) is 1. The van der Waals surface area contributed by atoms with Crippen molar-refractivity contribution in [3.05, 3.63) is 175 Å². The van der Waals surface area contributed by atoms with Crippen LogP contribution in [0.25, 0.3) is 82.1 Å². The largest absolute Gasteiger partial charge is 0.318 e. The molecule has 0 amide bonds. The van der Waals surface area contributed by atoms with E-state index in [9.17, 15) is 5.26 Å². The van der Waals surface area contributed by atoms with Crippen LogP contribution in [0.1, 0.15) is 5.56 Å². The van der Waals surface area contributed by atoms with Crippen LogP contribution in [0.15, 0.2) is 158 Å². The lowest BCUT2D eigenvalue weighted by molar-refractivity contribution is 1.17. The van der Waals surface area contributed by atoms with Crippen molar-refractivity contribution in [3.8, 4) is 39.7 Å². The van der Waals surface area contributed by atoms with Crippen molar-refractivity contribution in [3.63, 3.8) is 0 Å². The van der Waals surface area contributed by atoms with Crippen molar-refractivity contribution in [2.24, 2.45) is 0 Å². The Morgan fingerprint density at radius 3 is 1.69 bits per heavy atom. The molecule has 9 aromatic rings. The predicted molar refractivity (Wildman–Crippen MR) is 197 cm³/mol. The fourth-order valence-electron chi connectivity index (χ4n) is 7.38. The first kappa shape index (κ1) is 27.4. The van der Waals surface area contributed by atoms with Gasteiger partial charge in [-0.3, -0.25) is 0 Å². The molecule has 48 heavy (non-hydrogen) atoms. The highest BCUT2D eigenvalue weighted by molar-refractivity contribution is 6.13. The van der Waals surface area contributed by atoms with Gasteiger partial charge < -0.3 is 9.13 Å². The van der Waals surface area contributed by atoms with Crippen molar-refractivity contribution in [2.45, 2.75) is 0 Å². The maximum Gasteiger partial charge on any atom is 0.211 e. The lowest BCUT2D eigenvalue weighted by atomic mass is 9.92. The van der Waals surface area contributed by atoms with Gasteiger partial charge >= 0.3 is 0 Å². The Bertz CT molecular complexity index is 2760. The second-order valence-electron chi connectivity index (χ2n) is 11.9. The summed E-state index contributed by atoms with van der Waals surface area (Å²) in [5, 5.41) is 15.1. The van der Waals surface area contributed by atoms with Crippen LogP contribution in [0.2, 0.25) is 0 Å². The Morgan fingerprint density at radius 1 is 0.479 bits per heavy atom. The summed E-state index contributed by atoms with van der Waals surface area (Å²) in [6.07, 6.45) is 0. The fraction of sp³-hybridized carbons (Fsp3) is 0. The number of nitriles is 1. The Hall–Kier alpha value is -6.88. The van der Waals surface area contributed by atoms with Gasteiger partial charge in [-0.15, -0.1) is 0 Å². The summed E-state index contributed by atoms with van der Waals surface area (Å²) in [5.74, 6) is 0. The number of fused-ring (bicyclic) bond motifs is 6. The molecule has 0 bridgehead atoms. The normalized spacial score (nSPS) is 11.3. The van der Waals surface area contributed by atoms with Gasteiger partial charge in [-0.1, -0.05) is 121 Å². The zero-order valence-corrected chi connectivity index (χ0v) is 25.8. The molecule has 0 atom stereocenters. The quantitative estimate of drug-likeness (QED) is 0.183. The third kappa shape index (κ3) is 4.01. The molecule has 4 nitrogen and oxygen atoms in total. The molecular formula is C44H26N4. The van der Waals surface area contributed by atoms with E-state index in [1.165, 1.54) is 10.8 Å². The SMILES string of the molecule is [C-]#[N+]c1cccc2c3ccccc3n(-c3ccc(-c4ccccc4-c4ccccc4-n4c5ccccc5c5ccccc54)cc3C#N)c12. The lowest BCUT2D eigenvalue weighted by Crippen LogP contribution is -1.99. The number of aromatic nitrogens is 2. The van der Waals surface area contributed by atoms with Gasteiger partial charge in [0.15, 0.2) is 0 Å². The molecule has 0 aliphatic carbocycles. The van der Waals surface area contributed by atoms with E-state index in [0.717, 1.165) is 66.5 Å². The summed E-state index contributed by atoms with van der Waals surface area (Å²) in [7, 11) is 0. The molecule has 2 aromatic heterocycles. The monoisotopic (exact) mass is 610 g/mol. The minimum Gasteiger partial charge on any atom is -0.318 e. The van der Waals surface area contributed by atoms with Crippen LogP contribution in [-0.4, -0.2) is 9.13 Å². The zero-order valence-electron chi connectivity index (χ0n) is 25.8. The molecule has 0 N–H and O–H groups in total. The summed E-state index contributed by atoms with van der Waals surface area (Å²) >= 11 is 0. The van der Waals surface area contributed by atoms with Gasteiger partial charge in [0.25, 0.3) is 0 Å². The average molecular weight is 611 g/mol. The minimum atomic E-state index is 0.542. The van der Waals surface area contributed by atoms with E-state index in [4.69, 9.17) is 6.57 Å². The van der Waals surface area contributed by atoms with Gasteiger partial charge in [0.1, 0.15) is 6.07 Å². The topological polar surface area (TPSA) is 38.0 Å². The number of benzene rings is 7. The van der Waals surface area contributed by atoms with Crippen LogP contribution in [0.4, 0.5) is 5.69 Å². The first-order valence-electron chi connectivity index (χ1n) is 15.9. The average Bonchev–Trinajstić information content (AvgIpc) is 3.68. The van der Waals surface area contributed by atoms with Crippen LogP contribution in [-0.2, 0) is 0 Å². The van der Waals surface area contributed by atoms with Crippen LogP contribution >= 0.6 is 0 Å². The molecule has 0 fully saturated rings. The van der Waals surface area contributed by atoms with E-state index in [-0.39, 0.29) is 0 Å². The molecule has 0 aliphatic rings. The second kappa shape index (κ2) is 10.9. The first-order chi connectivity index (χ1) is 23.8. The third-order valence-electron chi connectivity index (χ3n) is 9.41. The molecule has 0 unspecified atom stereocenters. The van der Waals surface area contributed by atoms with E-state index >= 15 is 0 Å². The highest BCUT2D eigenvalue weighted by Crippen LogP contribution is 2.42. The van der Waals surface area contributed by atoms with Gasteiger partial charge in [0.2, 0.25) is 5.69 Å². The maximum absolute atomic E-state index is 10.6. The van der Waals surface area contributed by atoms with Crippen LogP contribution in [0.5, 0.6) is 0 Å². The van der Waals surface area contributed by atoms with E-state index in [1.807, 2.05) is 42.5 Å². The molecule has 0 aliphatic heterocycles. The van der Waals surface area contributed by atoms with E-state index in [2.05, 4.69) is 135 Å². The molecule has 0 radical (unpaired) electrons. The van der Waals surface area contributed by atoms with Crippen molar-refractivity contribution in [1.82, 2.24) is 9.13 Å². The summed E-state index contributed by atoms with van der Waals surface area (Å²) in [6.45, 7) is 7.91. The molecular weight excluding hydrogens is 585 g/mol. The molecule has 0 saturated heterocycles. The number of hydrogen-bond donors (Lipinski definition) is 0. The Morgan fingerprint density at radius 2 is 1.02 bits per heavy atom. The zero-order chi connectivity index (χ0) is 32.2. The smallest absolute Gasteiger partial charge is 0.211 e. The van der Waals surface area contributed by atoms with Gasteiger partial charge in [-0.25, -0.2) is 4.85 Å². The molecule has 0 spiro atoms. The highest BCUT2D eigenvalue weighted by Gasteiger charge is 2.20. The molecule has 9 rings (SSSR count). The van der Waals surface area contributed by atoms with Crippen molar-refractivity contribution < 1.29 is 0 Å². The van der Waals surface area contributed by atoms with Crippen LogP contribution < -0.4 is 0 Å². The number of para-hydroxylation sites is 5. The standard InChI is InChI=1S/C44H26N4/c1-46-38-20-12-19-37-36-18-7-11-24-43(36)48(44(37)38)39-26-25-29(27-30(39)28-45)31-13-2-3-14-32(31)33-15-4-8-21-40(33)47-41-22-9-5-16-34(41)35-17-6-10-23-42(35)47/h2-27H. The number of rotatable bonds is 4. The lowest BCUT2D eigenvalue weighted by Gasteiger charge is -2.18. The molecule has 0 saturated carbocycles. The van der Waals surface area contributed by atoms with E-state index < -0.39 is 0 Å². The van der Waals surface area contributed by atoms with Gasteiger partial charge in [-0.2, -0.15) is 5.26 Å². The predicted octanol–water partition coefficient (Wildman–Crippen LogP) is 11.6. The van der Waals surface area contributed by atoms with Crippen molar-refractivity contribution in [2.75, 3.05) is 0 Å². The van der Waals surface area contributed by atoms with Crippen LogP contribution in [0.3, 0.4) is 0 Å². The third-order valence-corrected chi connectivity index (χ3v) is 9.41. The Balaban J connectivity index is 1.26. The highest BCUT2D eigenvalue weighted by atomic mass is 15.0. The number of nitrogens with zero attached hydrogens (tertiary/aromatic N) is 4. The Labute approximate surface area is 277 Å².